The van der Waals surface area contributed by atoms with E-state index in [0.717, 1.165) is 5.56 Å². The molecule has 0 aliphatic carbocycles. The monoisotopic (exact) mass is 235 g/mol. The molecule has 1 aromatic rings. The maximum atomic E-state index is 12.0. The Kier molecular flexibility index (Phi) is 3.10. The average Bonchev–Trinajstić information content (AvgIpc) is 2.63. The first-order chi connectivity index (χ1) is 8.13. The zero-order valence-corrected chi connectivity index (χ0v) is 9.47. The van der Waals surface area contributed by atoms with E-state index in [1.54, 1.807) is 18.1 Å². The molecule has 1 aliphatic heterocycles. The fourth-order valence-electron chi connectivity index (χ4n) is 1.88. The smallest absolute Gasteiger partial charge is 0.335 e. The van der Waals surface area contributed by atoms with Gasteiger partial charge in [0.1, 0.15) is 0 Å². The Hall–Kier alpha value is -1.88. The second-order valence-electron chi connectivity index (χ2n) is 3.90. The third-order valence-corrected chi connectivity index (χ3v) is 2.80. The predicted octanol–water partition coefficient (Wildman–Crippen LogP) is 0.987. The Labute approximate surface area is 98.6 Å². The lowest BCUT2D eigenvalue weighted by Crippen LogP contribution is -2.27. The lowest BCUT2D eigenvalue weighted by atomic mass is 10.1. The second-order valence-corrected chi connectivity index (χ2v) is 3.90. The zero-order chi connectivity index (χ0) is 12.4. The molecule has 5 heteroatoms. The number of methoxy groups -OCH3 is 1. The highest BCUT2D eigenvalue weighted by atomic mass is 16.5. The van der Waals surface area contributed by atoms with Gasteiger partial charge in [0.15, 0.2) is 0 Å². The van der Waals surface area contributed by atoms with Gasteiger partial charge < -0.3 is 14.7 Å². The van der Waals surface area contributed by atoms with E-state index in [2.05, 4.69) is 0 Å². The van der Waals surface area contributed by atoms with Gasteiger partial charge in [0.25, 0.3) is 5.91 Å². The standard InChI is InChI=1S/C12H13NO4/c1-17-5-4-13-7-9-3-2-8(12(15)16)6-10(9)11(13)14/h2-3,6H,4-5,7H2,1H3,(H,15,16). The van der Waals surface area contributed by atoms with Crippen molar-refractivity contribution in [2.45, 2.75) is 6.54 Å². The molecule has 17 heavy (non-hydrogen) atoms. The summed E-state index contributed by atoms with van der Waals surface area (Å²) in [6.07, 6.45) is 0. The number of amides is 1. The summed E-state index contributed by atoms with van der Waals surface area (Å²) < 4.78 is 4.92. The molecule has 1 aliphatic rings. The molecule has 1 amide bonds. The Balaban J connectivity index is 2.23. The van der Waals surface area contributed by atoms with Crippen LogP contribution in [0.3, 0.4) is 0 Å². The van der Waals surface area contributed by atoms with Gasteiger partial charge in [0.2, 0.25) is 0 Å². The highest BCUT2D eigenvalue weighted by Crippen LogP contribution is 2.23. The molecule has 0 unspecified atom stereocenters. The van der Waals surface area contributed by atoms with Crippen LogP contribution in [0.2, 0.25) is 0 Å². The van der Waals surface area contributed by atoms with E-state index in [-0.39, 0.29) is 11.5 Å². The van der Waals surface area contributed by atoms with Crippen LogP contribution >= 0.6 is 0 Å². The number of carboxylic acid groups (broad SMARTS) is 1. The third kappa shape index (κ3) is 2.14. The van der Waals surface area contributed by atoms with Crippen LogP contribution in [-0.4, -0.2) is 42.1 Å². The van der Waals surface area contributed by atoms with Gasteiger partial charge in [0, 0.05) is 25.8 Å². The summed E-state index contributed by atoms with van der Waals surface area (Å²) >= 11 is 0. The van der Waals surface area contributed by atoms with Gasteiger partial charge >= 0.3 is 5.97 Å². The molecule has 1 aromatic carbocycles. The van der Waals surface area contributed by atoms with Crippen molar-refractivity contribution in [1.29, 1.82) is 0 Å². The number of carbonyl (C=O) groups is 2. The maximum absolute atomic E-state index is 12.0. The molecule has 0 saturated heterocycles. The van der Waals surface area contributed by atoms with E-state index < -0.39 is 5.97 Å². The van der Waals surface area contributed by atoms with E-state index >= 15 is 0 Å². The minimum Gasteiger partial charge on any atom is -0.478 e. The number of rotatable bonds is 4. The Morgan fingerprint density at radius 2 is 2.29 bits per heavy atom. The summed E-state index contributed by atoms with van der Waals surface area (Å²) in [5, 5.41) is 8.86. The molecule has 0 radical (unpaired) electrons. The van der Waals surface area contributed by atoms with Crippen LogP contribution < -0.4 is 0 Å². The first kappa shape index (κ1) is 11.6. The van der Waals surface area contributed by atoms with Gasteiger partial charge in [0.05, 0.1) is 12.2 Å². The number of ether oxygens (including phenoxy) is 1. The molecule has 0 saturated carbocycles. The molecule has 0 fully saturated rings. The number of carbonyl (C=O) groups excluding carboxylic acids is 1. The highest BCUT2D eigenvalue weighted by molar-refractivity contribution is 6.00. The Morgan fingerprint density at radius 1 is 1.53 bits per heavy atom. The van der Waals surface area contributed by atoms with Crippen molar-refractivity contribution in [1.82, 2.24) is 4.90 Å². The molecule has 5 nitrogen and oxygen atoms in total. The number of hydrogen-bond acceptors (Lipinski definition) is 3. The minimum atomic E-state index is -1.02. The third-order valence-electron chi connectivity index (χ3n) is 2.80. The first-order valence-electron chi connectivity index (χ1n) is 5.28. The molecule has 1 heterocycles. The van der Waals surface area contributed by atoms with E-state index in [0.29, 0.717) is 25.3 Å². The second kappa shape index (κ2) is 4.55. The Bertz CT molecular complexity index is 470. The van der Waals surface area contributed by atoms with E-state index in [4.69, 9.17) is 9.84 Å². The van der Waals surface area contributed by atoms with Crippen molar-refractivity contribution in [2.75, 3.05) is 20.3 Å². The minimum absolute atomic E-state index is 0.125. The molecule has 90 valence electrons. The maximum Gasteiger partial charge on any atom is 0.335 e. The molecule has 0 spiro atoms. The lowest BCUT2D eigenvalue weighted by molar-refractivity contribution is 0.0697. The van der Waals surface area contributed by atoms with Crippen LogP contribution in [0.15, 0.2) is 18.2 Å². The van der Waals surface area contributed by atoms with Crippen molar-refractivity contribution in [3.05, 3.63) is 34.9 Å². The fourth-order valence-corrected chi connectivity index (χ4v) is 1.88. The summed E-state index contributed by atoms with van der Waals surface area (Å²) in [6.45, 7) is 1.52. The molecular formula is C12H13NO4. The van der Waals surface area contributed by atoms with Gasteiger partial charge in [-0.05, 0) is 17.7 Å². The lowest BCUT2D eigenvalue weighted by Gasteiger charge is -2.14. The number of fused-ring (bicyclic) bond motifs is 1. The number of carboxylic acids is 1. The molecule has 0 aromatic heterocycles. The van der Waals surface area contributed by atoms with Crippen molar-refractivity contribution in [3.8, 4) is 0 Å². The van der Waals surface area contributed by atoms with E-state index in [1.165, 1.54) is 12.1 Å². The highest BCUT2D eigenvalue weighted by Gasteiger charge is 2.27. The molecular weight excluding hydrogens is 222 g/mol. The quantitative estimate of drug-likeness (QED) is 0.845. The molecule has 0 atom stereocenters. The average molecular weight is 235 g/mol. The predicted molar refractivity (Wildman–Crippen MR) is 60.0 cm³/mol. The SMILES string of the molecule is COCCN1Cc2ccc(C(=O)O)cc2C1=O. The van der Waals surface area contributed by atoms with Crippen LogP contribution in [0.1, 0.15) is 26.3 Å². The number of hydrogen-bond donors (Lipinski definition) is 1. The molecule has 1 N–H and O–H groups in total. The summed E-state index contributed by atoms with van der Waals surface area (Å²) in [5.41, 5.74) is 1.50. The van der Waals surface area contributed by atoms with Gasteiger partial charge in [-0.2, -0.15) is 0 Å². The van der Waals surface area contributed by atoms with E-state index in [1.807, 2.05) is 0 Å². The first-order valence-corrected chi connectivity index (χ1v) is 5.28. The number of benzene rings is 1. The van der Waals surface area contributed by atoms with Crippen LogP contribution in [0.25, 0.3) is 0 Å². The summed E-state index contributed by atoms with van der Waals surface area (Å²) in [6, 6.07) is 4.66. The van der Waals surface area contributed by atoms with Gasteiger partial charge in [-0.25, -0.2) is 4.79 Å². The van der Waals surface area contributed by atoms with Gasteiger partial charge in [-0.3, -0.25) is 4.79 Å². The van der Waals surface area contributed by atoms with E-state index in [9.17, 15) is 9.59 Å². The van der Waals surface area contributed by atoms with Gasteiger partial charge in [-0.1, -0.05) is 6.07 Å². The zero-order valence-electron chi connectivity index (χ0n) is 9.47. The summed E-state index contributed by atoms with van der Waals surface area (Å²) in [5.74, 6) is -1.14. The molecule has 2 rings (SSSR count). The van der Waals surface area contributed by atoms with Crippen molar-refractivity contribution >= 4 is 11.9 Å². The van der Waals surface area contributed by atoms with Crippen LogP contribution in [-0.2, 0) is 11.3 Å². The Morgan fingerprint density at radius 3 is 2.94 bits per heavy atom. The largest absolute Gasteiger partial charge is 0.478 e. The topological polar surface area (TPSA) is 66.8 Å². The van der Waals surface area contributed by atoms with Crippen molar-refractivity contribution in [2.24, 2.45) is 0 Å². The number of nitrogens with zero attached hydrogens (tertiary/aromatic N) is 1. The summed E-state index contributed by atoms with van der Waals surface area (Å²) in [7, 11) is 1.58. The van der Waals surface area contributed by atoms with Crippen molar-refractivity contribution < 1.29 is 19.4 Å². The van der Waals surface area contributed by atoms with Gasteiger partial charge in [-0.15, -0.1) is 0 Å². The normalized spacial score (nSPS) is 13.9. The fraction of sp³-hybridized carbons (Fsp3) is 0.333. The van der Waals surface area contributed by atoms with Crippen LogP contribution in [0, 0.1) is 0 Å². The van der Waals surface area contributed by atoms with Crippen LogP contribution in [0.5, 0.6) is 0 Å². The van der Waals surface area contributed by atoms with Crippen molar-refractivity contribution in [3.63, 3.8) is 0 Å². The van der Waals surface area contributed by atoms with Crippen LogP contribution in [0.4, 0.5) is 0 Å². The summed E-state index contributed by atoms with van der Waals surface area (Å²) in [4.78, 5) is 24.4. The molecule has 0 bridgehead atoms. The number of aromatic carboxylic acids is 1.